The minimum atomic E-state index is 0.572. The van der Waals surface area contributed by atoms with Crippen LogP contribution in [-0.4, -0.2) is 6.10 Å². The molecule has 0 amide bonds. The van der Waals surface area contributed by atoms with Gasteiger partial charge in [-0.25, -0.2) is 0 Å². The van der Waals surface area contributed by atoms with Gasteiger partial charge in [-0.1, -0.05) is 0 Å². The van der Waals surface area contributed by atoms with Gasteiger partial charge in [0.25, 0.3) is 0 Å². The molecule has 0 N–H and O–H groups in total. The molecular weight excluding hydrogens is 124 g/mol. The van der Waals surface area contributed by atoms with E-state index in [0.717, 1.165) is 0 Å². The summed E-state index contributed by atoms with van der Waals surface area (Å²) in [6.45, 7) is 0. The van der Waals surface area contributed by atoms with Crippen molar-refractivity contribution in [2.45, 2.75) is 44.6 Å². The van der Waals surface area contributed by atoms with Crippen molar-refractivity contribution in [1.29, 1.82) is 0 Å². The topological polar surface area (TPSA) is 9.23 Å². The molecule has 1 atom stereocenters. The molecule has 0 aliphatic carbocycles. The maximum absolute atomic E-state index is 5.71. The van der Waals surface area contributed by atoms with E-state index in [-0.39, 0.29) is 0 Å². The highest BCUT2D eigenvalue weighted by Gasteiger charge is 2.18. The van der Waals surface area contributed by atoms with Gasteiger partial charge in [-0.2, -0.15) is 0 Å². The first-order chi connectivity index (χ1) is 4.95. The average Bonchev–Trinajstić information content (AvgIpc) is 2.12. The first kappa shape index (κ1) is 6.26. The zero-order chi connectivity index (χ0) is 6.81. The Kier molecular flexibility index (Phi) is 1.66. The largest absolute Gasteiger partial charge is 0.495 e. The lowest BCUT2D eigenvalue weighted by Gasteiger charge is -2.21. The summed E-state index contributed by atoms with van der Waals surface area (Å²) in [6.07, 6.45) is 10.5. The smallest absolute Gasteiger partial charge is 0.0985 e. The zero-order valence-electron chi connectivity index (χ0n) is 6.31. The van der Waals surface area contributed by atoms with Crippen molar-refractivity contribution in [2.75, 3.05) is 0 Å². The number of allylic oxidation sites excluding steroid dienone is 2. The molecule has 2 aliphatic rings. The van der Waals surface area contributed by atoms with E-state index in [4.69, 9.17) is 4.74 Å². The third-order valence-electron chi connectivity index (χ3n) is 2.38. The van der Waals surface area contributed by atoms with E-state index in [0.29, 0.717) is 6.10 Å². The lowest BCUT2D eigenvalue weighted by molar-refractivity contribution is 0.0936. The number of hydrogen-bond acceptors (Lipinski definition) is 1. The Morgan fingerprint density at radius 1 is 1.30 bits per heavy atom. The van der Waals surface area contributed by atoms with E-state index in [1.165, 1.54) is 44.3 Å². The van der Waals surface area contributed by atoms with Gasteiger partial charge in [0.05, 0.1) is 11.9 Å². The Bertz CT molecular complexity index is 149. The van der Waals surface area contributed by atoms with Crippen molar-refractivity contribution in [2.24, 2.45) is 0 Å². The summed E-state index contributed by atoms with van der Waals surface area (Å²) < 4.78 is 5.71. The van der Waals surface area contributed by atoms with E-state index in [2.05, 4.69) is 6.08 Å². The highest BCUT2D eigenvalue weighted by Crippen LogP contribution is 2.28. The van der Waals surface area contributed by atoms with Crippen molar-refractivity contribution >= 4 is 0 Å². The Labute approximate surface area is 62.1 Å². The van der Waals surface area contributed by atoms with Crippen molar-refractivity contribution < 1.29 is 4.74 Å². The maximum Gasteiger partial charge on any atom is 0.0985 e. The highest BCUT2D eigenvalue weighted by molar-refractivity contribution is 4.99. The van der Waals surface area contributed by atoms with Gasteiger partial charge in [-0.05, 0) is 38.2 Å². The Morgan fingerprint density at radius 2 is 2.30 bits per heavy atom. The minimum absolute atomic E-state index is 0.572. The molecule has 0 spiro atoms. The Balaban J connectivity index is 2.09. The molecule has 1 fully saturated rings. The second-order valence-corrected chi connectivity index (χ2v) is 3.23. The first-order valence-corrected chi connectivity index (χ1v) is 4.31. The average molecular weight is 138 g/mol. The van der Waals surface area contributed by atoms with E-state index >= 15 is 0 Å². The Hall–Kier alpha value is -0.460. The van der Waals surface area contributed by atoms with Gasteiger partial charge in [-0.3, -0.25) is 0 Å². The van der Waals surface area contributed by atoms with E-state index in [1.54, 1.807) is 0 Å². The highest BCUT2D eigenvalue weighted by atomic mass is 16.5. The van der Waals surface area contributed by atoms with Crippen LogP contribution in [-0.2, 0) is 4.74 Å². The van der Waals surface area contributed by atoms with Gasteiger partial charge in [-0.15, -0.1) is 0 Å². The molecule has 1 saturated heterocycles. The van der Waals surface area contributed by atoms with Gasteiger partial charge >= 0.3 is 0 Å². The molecule has 0 saturated carbocycles. The van der Waals surface area contributed by atoms with Gasteiger partial charge in [0.1, 0.15) is 0 Å². The third kappa shape index (κ3) is 1.18. The molecule has 0 aromatic rings. The molecule has 2 rings (SSSR count). The van der Waals surface area contributed by atoms with E-state index < -0.39 is 0 Å². The van der Waals surface area contributed by atoms with E-state index in [9.17, 15) is 0 Å². The fraction of sp³-hybridized carbons (Fsp3) is 0.778. The fourth-order valence-electron chi connectivity index (χ4n) is 1.79. The van der Waals surface area contributed by atoms with Crippen LogP contribution in [0.3, 0.4) is 0 Å². The minimum Gasteiger partial charge on any atom is -0.495 e. The normalized spacial score (nSPS) is 32.0. The quantitative estimate of drug-likeness (QED) is 0.500. The molecule has 1 heteroatoms. The van der Waals surface area contributed by atoms with Gasteiger partial charge < -0.3 is 4.74 Å². The van der Waals surface area contributed by atoms with Crippen LogP contribution in [0, 0.1) is 0 Å². The molecule has 1 nitrogen and oxygen atoms in total. The molecule has 0 radical (unpaired) electrons. The monoisotopic (exact) mass is 138 g/mol. The van der Waals surface area contributed by atoms with Crippen LogP contribution in [0.5, 0.6) is 0 Å². The molecule has 1 unspecified atom stereocenters. The van der Waals surface area contributed by atoms with E-state index in [1.807, 2.05) is 0 Å². The SMILES string of the molecule is C1=C2CCCCC(CC1)O2. The summed E-state index contributed by atoms with van der Waals surface area (Å²) in [7, 11) is 0. The van der Waals surface area contributed by atoms with Crippen LogP contribution in [0.1, 0.15) is 38.5 Å². The third-order valence-corrected chi connectivity index (χ3v) is 2.38. The van der Waals surface area contributed by atoms with Gasteiger partial charge in [0.15, 0.2) is 0 Å². The summed E-state index contributed by atoms with van der Waals surface area (Å²) in [5, 5.41) is 0. The van der Waals surface area contributed by atoms with Crippen molar-refractivity contribution in [3.8, 4) is 0 Å². The molecule has 2 aliphatic heterocycles. The standard InChI is InChI=1S/C9H14O/c1-2-5-9-7-3-6-8(4-1)10-9/h6,9H,1-5,7H2. The molecule has 2 bridgehead atoms. The van der Waals surface area contributed by atoms with Gasteiger partial charge in [0, 0.05) is 6.42 Å². The number of rotatable bonds is 0. The summed E-state index contributed by atoms with van der Waals surface area (Å²) in [5.74, 6) is 1.27. The predicted molar refractivity (Wildman–Crippen MR) is 40.7 cm³/mol. The summed E-state index contributed by atoms with van der Waals surface area (Å²) in [6, 6.07) is 0. The number of hydrogen-bond donors (Lipinski definition) is 0. The second kappa shape index (κ2) is 2.65. The van der Waals surface area contributed by atoms with Crippen LogP contribution in [0.2, 0.25) is 0 Å². The molecule has 2 heterocycles. The molecule has 0 aromatic carbocycles. The van der Waals surface area contributed by atoms with Crippen LogP contribution in [0.15, 0.2) is 11.8 Å². The Morgan fingerprint density at radius 3 is 3.30 bits per heavy atom. The maximum atomic E-state index is 5.71. The summed E-state index contributed by atoms with van der Waals surface area (Å²) >= 11 is 0. The van der Waals surface area contributed by atoms with Crippen molar-refractivity contribution in [3.05, 3.63) is 11.8 Å². The fourth-order valence-corrected chi connectivity index (χ4v) is 1.79. The summed E-state index contributed by atoms with van der Waals surface area (Å²) in [4.78, 5) is 0. The lowest BCUT2D eigenvalue weighted by Crippen LogP contribution is -2.13. The first-order valence-electron chi connectivity index (χ1n) is 4.31. The molecule has 0 aromatic heterocycles. The lowest BCUT2D eigenvalue weighted by atomic mass is 10.1. The predicted octanol–water partition coefficient (Wildman–Crippen LogP) is 2.62. The zero-order valence-corrected chi connectivity index (χ0v) is 6.31. The second-order valence-electron chi connectivity index (χ2n) is 3.23. The van der Waals surface area contributed by atoms with Crippen LogP contribution in [0.25, 0.3) is 0 Å². The number of fused-ring (bicyclic) bond motifs is 2. The molecule has 56 valence electrons. The number of ether oxygens (including phenoxy) is 1. The van der Waals surface area contributed by atoms with Crippen LogP contribution in [0.4, 0.5) is 0 Å². The van der Waals surface area contributed by atoms with Crippen LogP contribution < -0.4 is 0 Å². The van der Waals surface area contributed by atoms with Crippen molar-refractivity contribution in [1.82, 2.24) is 0 Å². The van der Waals surface area contributed by atoms with Gasteiger partial charge in [0.2, 0.25) is 0 Å². The molecule has 10 heavy (non-hydrogen) atoms. The van der Waals surface area contributed by atoms with Crippen LogP contribution >= 0.6 is 0 Å². The molecular formula is C9H14O. The van der Waals surface area contributed by atoms with Crippen molar-refractivity contribution in [3.63, 3.8) is 0 Å². The summed E-state index contributed by atoms with van der Waals surface area (Å²) in [5.41, 5.74) is 0.